The van der Waals surface area contributed by atoms with Gasteiger partial charge < -0.3 is 19.7 Å². The summed E-state index contributed by atoms with van der Waals surface area (Å²) in [7, 11) is 2.61. The predicted molar refractivity (Wildman–Crippen MR) is 269 cm³/mol. The van der Waals surface area contributed by atoms with Gasteiger partial charge in [-0.05, 0) is 68.7 Å². The van der Waals surface area contributed by atoms with E-state index in [4.69, 9.17) is 0 Å². The zero-order valence-corrected chi connectivity index (χ0v) is 40.7. The average Bonchev–Trinajstić information content (AvgIpc) is 4.14. The number of carboxylic acid groups (broad SMARTS) is 2. The van der Waals surface area contributed by atoms with Gasteiger partial charge in [-0.3, -0.25) is 28.8 Å². The van der Waals surface area contributed by atoms with Gasteiger partial charge in [0.05, 0.1) is 44.9 Å². The van der Waals surface area contributed by atoms with Crippen molar-refractivity contribution >= 4 is 178 Å². The number of aromatic carboxylic acids is 2. The van der Waals surface area contributed by atoms with Crippen LogP contribution in [0.15, 0.2) is 103 Å². The first-order valence-electron chi connectivity index (χ1n) is 18.4. The SMILES string of the molecule is COC(=O)CSCC(=O)OC.O=C(C(=O)c1cccs1)c1cccs1.O=C(O)c1sc(C(=O)O)c(-c2cccs2)c1-c1cccs1.O=c1c2ccsc2c2c1sc1c(=O)c3ccsc3c12. The Morgan fingerprint density at radius 1 is 0.508 bits per heavy atom. The quantitative estimate of drug-likeness (QED) is 0.0706. The summed E-state index contributed by atoms with van der Waals surface area (Å²) in [6.45, 7) is 0. The number of hydrogen-bond donors (Lipinski definition) is 2. The Kier molecular flexibility index (Phi) is 15.5. The molecule has 0 saturated heterocycles. The first-order valence-corrected chi connectivity index (χ1v) is 26.4. The lowest BCUT2D eigenvalue weighted by atomic mass is 10.0. The molecule has 0 aliphatic carbocycles. The van der Waals surface area contributed by atoms with Crippen molar-refractivity contribution in [3.63, 3.8) is 0 Å². The van der Waals surface area contributed by atoms with Gasteiger partial charge in [-0.2, -0.15) is 0 Å². The Balaban J connectivity index is 0.000000133. The van der Waals surface area contributed by atoms with Crippen LogP contribution in [0.4, 0.5) is 0 Å². The van der Waals surface area contributed by atoms with Crippen LogP contribution in [0.5, 0.6) is 0 Å². The second-order valence-corrected chi connectivity index (χ2v) is 21.5. The molecule has 330 valence electrons. The number of esters is 2. The third kappa shape index (κ3) is 10.0. The van der Waals surface area contributed by atoms with Crippen molar-refractivity contribution in [3.05, 3.63) is 133 Å². The number of carboxylic acids is 2. The van der Waals surface area contributed by atoms with Crippen LogP contribution < -0.4 is 10.9 Å². The summed E-state index contributed by atoms with van der Waals surface area (Å²) in [5.74, 6) is -3.33. The fourth-order valence-corrected chi connectivity index (χ4v) is 14.2. The molecule has 10 aromatic rings. The van der Waals surface area contributed by atoms with Crippen LogP contribution in [0.25, 0.3) is 61.2 Å². The van der Waals surface area contributed by atoms with Gasteiger partial charge >= 0.3 is 23.9 Å². The molecule has 8 heterocycles. The lowest BCUT2D eigenvalue weighted by molar-refractivity contribution is -0.137. The molecule has 2 aromatic carbocycles. The molecule has 0 radical (unpaired) electrons. The predicted octanol–water partition coefficient (Wildman–Crippen LogP) is 11.6. The van der Waals surface area contributed by atoms with Crippen molar-refractivity contribution in [2.45, 2.75) is 0 Å². The Bertz CT molecular complexity index is 3170. The van der Waals surface area contributed by atoms with E-state index in [1.54, 1.807) is 57.7 Å². The normalized spacial score (nSPS) is 10.8. The number of carbonyl (C=O) groups excluding carboxylic acids is 4. The summed E-state index contributed by atoms with van der Waals surface area (Å²) in [4.78, 5) is 94.4. The highest BCUT2D eigenvalue weighted by atomic mass is 32.2. The highest BCUT2D eigenvalue weighted by Crippen LogP contribution is 2.46. The average molecular weight is 1040 g/mol. The number of methoxy groups -OCH3 is 2. The number of carbonyl (C=O) groups is 6. The summed E-state index contributed by atoms with van der Waals surface area (Å²) in [6, 6.07) is 17.9. The first-order chi connectivity index (χ1) is 31.4. The molecule has 0 unspecified atom stereocenters. The number of ketones is 2. The zero-order chi connectivity index (χ0) is 46.4. The molecule has 10 rings (SSSR count). The fraction of sp³-hybridized carbons (Fsp3) is 0.0909. The molecule has 12 nitrogen and oxygen atoms in total. The van der Waals surface area contributed by atoms with Gasteiger partial charge in [-0.25, -0.2) is 9.59 Å². The highest BCUT2D eigenvalue weighted by Gasteiger charge is 2.29. The third-order valence-electron chi connectivity index (χ3n) is 9.02. The van der Waals surface area contributed by atoms with Gasteiger partial charge in [0.15, 0.2) is 0 Å². The smallest absolute Gasteiger partial charge is 0.346 e. The van der Waals surface area contributed by atoms with Crippen molar-refractivity contribution in [3.8, 4) is 20.9 Å². The molecule has 0 fully saturated rings. The van der Waals surface area contributed by atoms with Gasteiger partial charge in [0.2, 0.25) is 22.4 Å². The molecular weight excluding hydrogens is 1010 g/mol. The van der Waals surface area contributed by atoms with Gasteiger partial charge in [0.25, 0.3) is 0 Å². The number of Topliss-reactive ketones (excluding diaryl/α,β-unsaturated/α-hetero) is 2. The maximum absolute atomic E-state index is 12.3. The number of ether oxygens (including phenoxy) is 2. The summed E-state index contributed by atoms with van der Waals surface area (Å²) in [5.41, 5.74) is 1.16. The van der Waals surface area contributed by atoms with E-state index in [2.05, 4.69) is 9.47 Å². The maximum atomic E-state index is 12.3. The summed E-state index contributed by atoms with van der Waals surface area (Å²) in [6.07, 6.45) is 0. The molecule has 0 saturated carbocycles. The molecule has 0 bridgehead atoms. The van der Waals surface area contributed by atoms with Crippen molar-refractivity contribution in [2.75, 3.05) is 25.7 Å². The van der Waals surface area contributed by atoms with E-state index < -0.39 is 23.5 Å². The van der Waals surface area contributed by atoms with Crippen LogP contribution in [0.3, 0.4) is 0 Å². The van der Waals surface area contributed by atoms with E-state index in [-0.39, 0.29) is 44.1 Å². The minimum Gasteiger partial charge on any atom is -0.477 e. The maximum Gasteiger partial charge on any atom is 0.346 e. The largest absolute Gasteiger partial charge is 0.477 e. The van der Waals surface area contributed by atoms with Gasteiger partial charge in [0, 0.05) is 51.8 Å². The van der Waals surface area contributed by atoms with Crippen LogP contribution in [0.1, 0.15) is 38.7 Å². The van der Waals surface area contributed by atoms with E-state index >= 15 is 0 Å². The van der Waals surface area contributed by atoms with Crippen molar-refractivity contribution in [2.24, 2.45) is 0 Å². The Morgan fingerprint density at radius 3 is 1.25 bits per heavy atom. The van der Waals surface area contributed by atoms with Gasteiger partial charge in [0.1, 0.15) is 9.75 Å². The molecular formula is C44H28O12S9. The number of thiophene rings is 8. The molecule has 0 spiro atoms. The van der Waals surface area contributed by atoms with Gasteiger partial charge in [-0.15, -0.1) is 102 Å². The monoisotopic (exact) mass is 1040 g/mol. The zero-order valence-electron chi connectivity index (χ0n) is 33.3. The number of thioether (sulfide) groups is 1. The number of rotatable bonds is 11. The molecule has 0 atom stereocenters. The van der Waals surface area contributed by atoms with Crippen LogP contribution >= 0.6 is 102 Å². The molecule has 2 N–H and O–H groups in total. The van der Waals surface area contributed by atoms with Crippen LogP contribution in [0.2, 0.25) is 0 Å². The van der Waals surface area contributed by atoms with E-state index in [9.17, 15) is 48.6 Å². The molecule has 65 heavy (non-hydrogen) atoms. The van der Waals surface area contributed by atoms with E-state index in [1.807, 2.05) is 57.9 Å². The Hall–Kier alpha value is -5.49. The summed E-state index contributed by atoms with van der Waals surface area (Å²) < 4.78 is 12.3. The van der Waals surface area contributed by atoms with Crippen LogP contribution in [0, 0.1) is 0 Å². The molecule has 8 aromatic heterocycles. The summed E-state index contributed by atoms with van der Waals surface area (Å²) in [5, 5.41) is 33.6. The summed E-state index contributed by atoms with van der Waals surface area (Å²) >= 11 is 11.9. The van der Waals surface area contributed by atoms with Gasteiger partial charge in [-0.1, -0.05) is 24.3 Å². The fourth-order valence-electron chi connectivity index (χ4n) is 6.21. The Morgan fingerprint density at radius 2 is 0.908 bits per heavy atom. The van der Waals surface area contributed by atoms with Crippen molar-refractivity contribution in [1.29, 1.82) is 0 Å². The molecule has 0 aliphatic rings. The number of hydrogen-bond acceptors (Lipinski definition) is 19. The van der Waals surface area contributed by atoms with E-state index in [1.165, 1.54) is 82.7 Å². The lowest BCUT2D eigenvalue weighted by Gasteiger charge is -2.03. The lowest BCUT2D eigenvalue weighted by Crippen LogP contribution is -2.11. The van der Waals surface area contributed by atoms with Crippen molar-refractivity contribution in [1.82, 2.24) is 0 Å². The van der Waals surface area contributed by atoms with Crippen LogP contribution in [-0.4, -0.2) is 71.4 Å². The minimum atomic E-state index is -1.10. The van der Waals surface area contributed by atoms with E-state index in [0.717, 1.165) is 61.4 Å². The first kappa shape index (κ1) is 47.5. The minimum absolute atomic E-state index is 0.0678. The molecule has 21 heteroatoms. The Labute approximate surface area is 402 Å². The highest BCUT2D eigenvalue weighted by molar-refractivity contribution is 8.00. The van der Waals surface area contributed by atoms with Crippen LogP contribution in [-0.2, 0) is 19.1 Å². The third-order valence-corrected chi connectivity index (χ3v) is 17.6. The molecule has 0 aliphatic heterocycles. The molecule has 0 amide bonds. The topological polar surface area (TPSA) is 195 Å². The second kappa shape index (κ2) is 21.2. The van der Waals surface area contributed by atoms with Crippen molar-refractivity contribution < 1.29 is 48.5 Å². The standard InChI is InChI=1S/C14H8O4S3.C14H4O2S3.C10H6O2S2.C6H10O4S/c15-13(16)11-9(7-3-1-5-19-7)10(8-4-2-6-20-8)12(21-11)14(17)18;15-9-5-1-3-17-11(5)7-8-12-6(2-4-18-12)10(16)14(8)19-13(7)9;11-9(7-3-1-5-13-7)10(12)8-4-2-6-14-8;1-9-5(7)3-11-4-6(8)10-2/h1-6H,(H,15,16)(H,17,18);1-4H;1-6H;3-4H2,1-2H3. The van der Waals surface area contributed by atoms with E-state index in [0.29, 0.717) is 20.9 Å². The second-order valence-electron chi connectivity index (χ2n) is 12.8. The number of fused-ring (bicyclic) bond motifs is 7.